The van der Waals surface area contributed by atoms with Crippen LogP contribution in [0.2, 0.25) is 0 Å². The standard InChI is InChI=1S/C21H17F3N6O2/c1-9-5-11(7-12(22)6-9)19(31)21(32)28-13-3-4-14(16(24)15(13)23)30-18-17(10(2)29-30)26-8-27-20(18)25/h3-8,19,31H,1-2H3,(H,28,32)(H2,25,26,27). The van der Waals surface area contributed by atoms with E-state index in [1.54, 1.807) is 13.8 Å². The zero-order chi connectivity index (χ0) is 23.2. The number of amides is 1. The lowest BCUT2D eigenvalue weighted by atomic mass is 10.1. The van der Waals surface area contributed by atoms with E-state index in [9.17, 15) is 23.1 Å². The number of hydrogen-bond donors (Lipinski definition) is 3. The Hall–Kier alpha value is -3.99. The Bertz CT molecular complexity index is 1350. The first kappa shape index (κ1) is 21.2. The van der Waals surface area contributed by atoms with Crippen LogP contribution in [0.4, 0.5) is 24.7 Å². The molecule has 1 unspecified atom stereocenters. The van der Waals surface area contributed by atoms with E-state index in [2.05, 4.69) is 20.4 Å². The molecule has 11 heteroatoms. The lowest BCUT2D eigenvalue weighted by Crippen LogP contribution is -2.22. The van der Waals surface area contributed by atoms with Gasteiger partial charge < -0.3 is 16.2 Å². The number of nitrogens with two attached hydrogens (primary N) is 1. The van der Waals surface area contributed by atoms with Crippen LogP contribution in [-0.4, -0.2) is 30.8 Å². The molecule has 0 spiro atoms. The number of nitrogen functional groups attached to an aromatic ring is 1. The van der Waals surface area contributed by atoms with Gasteiger partial charge in [-0.05, 0) is 49.2 Å². The van der Waals surface area contributed by atoms with E-state index in [0.717, 1.165) is 16.8 Å². The summed E-state index contributed by atoms with van der Waals surface area (Å²) in [4.78, 5) is 20.3. The number of carbonyl (C=O) groups is 1. The van der Waals surface area contributed by atoms with Crippen LogP contribution in [0.3, 0.4) is 0 Å². The summed E-state index contributed by atoms with van der Waals surface area (Å²) in [7, 11) is 0. The fourth-order valence-electron chi connectivity index (χ4n) is 3.36. The predicted molar refractivity (Wildman–Crippen MR) is 110 cm³/mol. The highest BCUT2D eigenvalue weighted by Gasteiger charge is 2.24. The highest BCUT2D eigenvalue weighted by molar-refractivity contribution is 5.95. The fraction of sp³-hybridized carbons (Fsp3) is 0.143. The van der Waals surface area contributed by atoms with Gasteiger partial charge in [-0.15, -0.1) is 0 Å². The number of fused-ring (bicyclic) bond motifs is 1. The molecule has 0 radical (unpaired) electrons. The van der Waals surface area contributed by atoms with Crippen LogP contribution < -0.4 is 11.1 Å². The van der Waals surface area contributed by atoms with Crippen molar-refractivity contribution < 1.29 is 23.1 Å². The van der Waals surface area contributed by atoms with Crippen molar-refractivity contribution in [2.45, 2.75) is 20.0 Å². The number of aryl methyl sites for hydroxylation is 2. The average Bonchev–Trinajstić information content (AvgIpc) is 3.08. The number of nitrogens with one attached hydrogen (secondary N) is 1. The zero-order valence-corrected chi connectivity index (χ0v) is 16.9. The minimum Gasteiger partial charge on any atom is -0.382 e. The van der Waals surface area contributed by atoms with E-state index >= 15 is 0 Å². The number of nitrogens with zero attached hydrogens (tertiary/aromatic N) is 4. The number of carbonyl (C=O) groups excluding carboxylic acids is 1. The molecule has 4 rings (SSSR count). The van der Waals surface area contributed by atoms with Gasteiger partial charge in [-0.2, -0.15) is 5.10 Å². The molecule has 0 bridgehead atoms. The number of benzene rings is 2. The van der Waals surface area contributed by atoms with E-state index in [1.165, 1.54) is 24.5 Å². The predicted octanol–water partition coefficient (Wildman–Crippen LogP) is 3.10. The van der Waals surface area contributed by atoms with Gasteiger partial charge in [0.2, 0.25) is 0 Å². The summed E-state index contributed by atoms with van der Waals surface area (Å²) >= 11 is 0. The normalized spacial score (nSPS) is 12.2. The summed E-state index contributed by atoms with van der Waals surface area (Å²) in [6, 6.07) is 5.91. The van der Waals surface area contributed by atoms with Gasteiger partial charge in [-0.25, -0.2) is 27.8 Å². The molecule has 8 nitrogen and oxygen atoms in total. The monoisotopic (exact) mass is 442 g/mol. The Labute approximate surface area is 179 Å². The number of aromatic nitrogens is 4. The maximum absolute atomic E-state index is 14.9. The van der Waals surface area contributed by atoms with Gasteiger partial charge in [0.15, 0.2) is 23.6 Å². The van der Waals surface area contributed by atoms with Gasteiger partial charge in [0.1, 0.15) is 28.9 Å². The Morgan fingerprint density at radius 2 is 1.88 bits per heavy atom. The average molecular weight is 442 g/mol. The van der Waals surface area contributed by atoms with Gasteiger partial charge in [-0.1, -0.05) is 6.07 Å². The molecule has 1 atom stereocenters. The molecule has 2 aromatic carbocycles. The van der Waals surface area contributed by atoms with Crippen LogP contribution in [0.5, 0.6) is 0 Å². The molecule has 0 aliphatic heterocycles. The van der Waals surface area contributed by atoms with Crippen molar-refractivity contribution >= 4 is 28.4 Å². The first-order valence-electron chi connectivity index (χ1n) is 9.37. The molecular formula is C21H17F3N6O2. The minimum atomic E-state index is -1.79. The molecule has 0 aliphatic carbocycles. The van der Waals surface area contributed by atoms with Crippen LogP contribution >= 0.6 is 0 Å². The second kappa shape index (κ2) is 7.93. The summed E-state index contributed by atoms with van der Waals surface area (Å²) in [5.74, 6) is -4.36. The molecular weight excluding hydrogens is 425 g/mol. The summed E-state index contributed by atoms with van der Waals surface area (Å²) in [5.41, 5.74) is 6.55. The van der Waals surface area contributed by atoms with Gasteiger partial charge in [-0.3, -0.25) is 4.79 Å². The third-order valence-electron chi connectivity index (χ3n) is 4.83. The molecule has 4 N–H and O–H groups in total. The fourth-order valence-corrected chi connectivity index (χ4v) is 3.36. The van der Waals surface area contributed by atoms with E-state index in [4.69, 9.17) is 5.73 Å². The summed E-state index contributed by atoms with van der Waals surface area (Å²) in [6.45, 7) is 3.22. The smallest absolute Gasteiger partial charge is 0.257 e. The molecule has 4 aromatic rings. The van der Waals surface area contributed by atoms with Crippen molar-refractivity contribution in [1.82, 2.24) is 19.7 Å². The molecule has 0 saturated carbocycles. The molecule has 32 heavy (non-hydrogen) atoms. The topological polar surface area (TPSA) is 119 Å². The summed E-state index contributed by atoms with van der Waals surface area (Å²) in [6.07, 6.45) is -0.557. The van der Waals surface area contributed by atoms with Crippen molar-refractivity contribution in [3.63, 3.8) is 0 Å². The van der Waals surface area contributed by atoms with Gasteiger partial charge in [0.05, 0.1) is 11.4 Å². The number of rotatable bonds is 4. The second-order valence-corrected chi connectivity index (χ2v) is 7.17. The highest BCUT2D eigenvalue weighted by Crippen LogP contribution is 2.29. The number of halogens is 3. The molecule has 0 aliphatic rings. The first-order valence-corrected chi connectivity index (χ1v) is 9.37. The van der Waals surface area contributed by atoms with Crippen LogP contribution in [0.25, 0.3) is 16.7 Å². The van der Waals surface area contributed by atoms with Crippen LogP contribution in [0, 0.1) is 31.3 Å². The summed E-state index contributed by atoms with van der Waals surface area (Å²) < 4.78 is 44.3. The lowest BCUT2D eigenvalue weighted by Gasteiger charge is -2.14. The maximum atomic E-state index is 14.9. The second-order valence-electron chi connectivity index (χ2n) is 7.17. The first-order chi connectivity index (χ1) is 15.2. The van der Waals surface area contributed by atoms with Gasteiger partial charge in [0.25, 0.3) is 5.91 Å². The van der Waals surface area contributed by atoms with Crippen molar-refractivity contribution in [3.05, 3.63) is 70.9 Å². The van der Waals surface area contributed by atoms with E-state index in [-0.39, 0.29) is 22.6 Å². The Balaban J connectivity index is 1.68. The van der Waals surface area contributed by atoms with Gasteiger partial charge >= 0.3 is 0 Å². The highest BCUT2D eigenvalue weighted by atomic mass is 19.2. The molecule has 0 saturated heterocycles. The van der Waals surface area contributed by atoms with Crippen molar-refractivity contribution in [2.75, 3.05) is 11.1 Å². The molecule has 2 heterocycles. The van der Waals surface area contributed by atoms with E-state index in [0.29, 0.717) is 16.8 Å². The molecule has 0 fully saturated rings. The largest absolute Gasteiger partial charge is 0.382 e. The Morgan fingerprint density at radius 1 is 1.12 bits per heavy atom. The molecule has 2 aromatic heterocycles. The molecule has 164 valence electrons. The number of aliphatic hydroxyl groups excluding tert-OH is 1. The zero-order valence-electron chi connectivity index (χ0n) is 16.9. The Morgan fingerprint density at radius 3 is 2.59 bits per heavy atom. The van der Waals surface area contributed by atoms with Gasteiger partial charge in [0, 0.05) is 0 Å². The maximum Gasteiger partial charge on any atom is 0.257 e. The number of hydrogen-bond acceptors (Lipinski definition) is 6. The van der Waals surface area contributed by atoms with Crippen LogP contribution in [0.1, 0.15) is 22.9 Å². The Kier molecular flexibility index (Phi) is 5.26. The number of anilines is 2. The third-order valence-corrected chi connectivity index (χ3v) is 4.83. The van der Waals surface area contributed by atoms with Crippen molar-refractivity contribution in [2.24, 2.45) is 0 Å². The SMILES string of the molecule is Cc1cc(F)cc(C(O)C(=O)Nc2ccc(-n3nc(C)c4ncnc(N)c43)c(F)c2F)c1. The van der Waals surface area contributed by atoms with Crippen LogP contribution in [-0.2, 0) is 4.79 Å². The lowest BCUT2D eigenvalue weighted by molar-refractivity contribution is -0.124. The minimum absolute atomic E-state index is 0.0218. The van der Waals surface area contributed by atoms with E-state index < -0.39 is 35.2 Å². The molecule has 1 amide bonds. The third kappa shape index (κ3) is 3.62. The van der Waals surface area contributed by atoms with E-state index in [1.807, 2.05) is 0 Å². The van der Waals surface area contributed by atoms with Crippen molar-refractivity contribution in [3.8, 4) is 5.69 Å². The summed E-state index contributed by atoms with van der Waals surface area (Å²) in [5, 5.41) is 16.5. The number of aliphatic hydroxyl groups is 1. The van der Waals surface area contributed by atoms with Crippen molar-refractivity contribution in [1.29, 1.82) is 0 Å². The quantitative estimate of drug-likeness (QED) is 0.447. The van der Waals surface area contributed by atoms with Crippen LogP contribution in [0.15, 0.2) is 36.7 Å².